The Morgan fingerprint density at radius 1 is 1.25 bits per heavy atom. The highest BCUT2D eigenvalue weighted by atomic mass is 79.9. The number of benzene rings is 1. The van der Waals surface area contributed by atoms with E-state index in [0.717, 1.165) is 20.5 Å². The van der Waals surface area contributed by atoms with E-state index in [1.54, 1.807) is 11.3 Å². The van der Waals surface area contributed by atoms with Crippen molar-refractivity contribution in [1.29, 1.82) is 0 Å². The van der Waals surface area contributed by atoms with Crippen LogP contribution in [0.15, 0.2) is 34.8 Å². The number of hydrogen-bond acceptors (Lipinski definition) is 4. The number of halogens is 2. The summed E-state index contributed by atoms with van der Waals surface area (Å²) in [7, 11) is 0. The van der Waals surface area contributed by atoms with Gasteiger partial charge in [0.15, 0.2) is 0 Å². The molecule has 0 fully saturated rings. The van der Waals surface area contributed by atoms with E-state index in [0.29, 0.717) is 6.54 Å². The second-order valence-electron chi connectivity index (χ2n) is 4.40. The second-order valence-corrected chi connectivity index (χ2v) is 6.89. The lowest BCUT2D eigenvalue weighted by molar-refractivity contribution is 1.10. The molecular formula is C14H11BrClN3S. The molecule has 0 aliphatic rings. The zero-order chi connectivity index (χ0) is 14.1. The van der Waals surface area contributed by atoms with Gasteiger partial charge in [-0.15, -0.1) is 11.3 Å². The minimum atomic E-state index is 0.276. The molecule has 6 heteroatoms. The lowest BCUT2D eigenvalue weighted by Crippen LogP contribution is -2.02. The van der Waals surface area contributed by atoms with Crippen molar-refractivity contribution in [3.8, 4) is 0 Å². The van der Waals surface area contributed by atoms with Crippen molar-refractivity contribution in [2.75, 3.05) is 5.32 Å². The van der Waals surface area contributed by atoms with E-state index in [1.807, 2.05) is 12.1 Å². The SMILES string of the molecule is Cc1cc2c(NCc3ccc(Br)cc3)nc(Cl)nc2s1. The topological polar surface area (TPSA) is 37.8 Å². The molecule has 0 bridgehead atoms. The number of aryl methyl sites for hydroxylation is 1. The van der Waals surface area contributed by atoms with Crippen LogP contribution in [0.5, 0.6) is 0 Å². The number of nitrogens with zero attached hydrogens (tertiary/aromatic N) is 2. The van der Waals surface area contributed by atoms with Gasteiger partial charge in [-0.05, 0) is 42.3 Å². The average Bonchev–Trinajstić information content (AvgIpc) is 2.78. The van der Waals surface area contributed by atoms with E-state index >= 15 is 0 Å². The number of rotatable bonds is 3. The van der Waals surface area contributed by atoms with Gasteiger partial charge >= 0.3 is 0 Å². The molecule has 0 saturated carbocycles. The quantitative estimate of drug-likeness (QED) is 0.659. The van der Waals surface area contributed by atoms with Crippen molar-refractivity contribution >= 4 is 54.9 Å². The molecule has 0 atom stereocenters. The molecule has 0 amide bonds. The first-order valence-electron chi connectivity index (χ1n) is 6.04. The lowest BCUT2D eigenvalue weighted by atomic mass is 10.2. The van der Waals surface area contributed by atoms with Gasteiger partial charge in [0, 0.05) is 15.9 Å². The Kier molecular flexibility index (Phi) is 3.92. The predicted molar refractivity (Wildman–Crippen MR) is 88.6 cm³/mol. The van der Waals surface area contributed by atoms with E-state index < -0.39 is 0 Å². The third kappa shape index (κ3) is 2.95. The summed E-state index contributed by atoms with van der Waals surface area (Å²) in [4.78, 5) is 10.7. The van der Waals surface area contributed by atoms with Crippen LogP contribution in [0.1, 0.15) is 10.4 Å². The Labute approximate surface area is 134 Å². The van der Waals surface area contributed by atoms with Crippen LogP contribution in [0.25, 0.3) is 10.2 Å². The lowest BCUT2D eigenvalue weighted by Gasteiger charge is -2.07. The first kappa shape index (κ1) is 13.8. The van der Waals surface area contributed by atoms with E-state index in [-0.39, 0.29) is 5.28 Å². The van der Waals surface area contributed by atoms with Crippen LogP contribution in [-0.4, -0.2) is 9.97 Å². The molecular weight excluding hydrogens is 358 g/mol. The molecule has 0 aliphatic carbocycles. The van der Waals surface area contributed by atoms with Gasteiger partial charge in [-0.1, -0.05) is 28.1 Å². The molecule has 3 rings (SSSR count). The van der Waals surface area contributed by atoms with Gasteiger partial charge < -0.3 is 5.32 Å². The van der Waals surface area contributed by atoms with Crippen molar-refractivity contribution in [2.24, 2.45) is 0 Å². The molecule has 0 spiro atoms. The monoisotopic (exact) mass is 367 g/mol. The first-order chi connectivity index (χ1) is 9.61. The molecule has 0 radical (unpaired) electrons. The molecule has 3 aromatic rings. The third-order valence-corrected chi connectivity index (χ3v) is 4.50. The van der Waals surface area contributed by atoms with Crippen LogP contribution in [0.4, 0.5) is 5.82 Å². The van der Waals surface area contributed by atoms with E-state index in [1.165, 1.54) is 10.4 Å². The Hall–Kier alpha value is -1.17. The normalized spacial score (nSPS) is 10.9. The highest BCUT2D eigenvalue weighted by Crippen LogP contribution is 2.29. The molecule has 102 valence electrons. The molecule has 0 saturated heterocycles. The molecule has 2 heterocycles. The van der Waals surface area contributed by atoms with Crippen molar-refractivity contribution < 1.29 is 0 Å². The molecule has 2 aromatic heterocycles. The average molecular weight is 369 g/mol. The highest BCUT2D eigenvalue weighted by molar-refractivity contribution is 9.10. The maximum atomic E-state index is 5.97. The molecule has 1 aromatic carbocycles. The first-order valence-corrected chi connectivity index (χ1v) is 8.02. The number of anilines is 1. The van der Waals surface area contributed by atoms with Crippen molar-refractivity contribution in [3.63, 3.8) is 0 Å². The standard InChI is InChI=1S/C14H11BrClN3S/c1-8-6-11-12(18-14(16)19-13(11)20-8)17-7-9-2-4-10(15)5-3-9/h2-6H,7H2,1H3,(H,17,18,19). The van der Waals surface area contributed by atoms with Gasteiger partial charge in [0.25, 0.3) is 0 Å². The van der Waals surface area contributed by atoms with Gasteiger partial charge in [-0.3, -0.25) is 0 Å². The minimum absolute atomic E-state index is 0.276. The zero-order valence-electron chi connectivity index (χ0n) is 10.7. The number of fused-ring (bicyclic) bond motifs is 1. The fourth-order valence-electron chi connectivity index (χ4n) is 1.94. The van der Waals surface area contributed by atoms with Crippen LogP contribution in [0.3, 0.4) is 0 Å². The summed E-state index contributed by atoms with van der Waals surface area (Å²) in [5.41, 5.74) is 1.18. The molecule has 3 nitrogen and oxygen atoms in total. The van der Waals surface area contributed by atoms with E-state index in [9.17, 15) is 0 Å². The Morgan fingerprint density at radius 2 is 2.00 bits per heavy atom. The highest BCUT2D eigenvalue weighted by Gasteiger charge is 2.09. The fourth-order valence-corrected chi connectivity index (χ4v) is 3.30. The van der Waals surface area contributed by atoms with E-state index in [2.05, 4.69) is 56.3 Å². The van der Waals surface area contributed by atoms with Crippen LogP contribution < -0.4 is 5.32 Å². The van der Waals surface area contributed by atoms with Gasteiger partial charge in [0.1, 0.15) is 10.6 Å². The van der Waals surface area contributed by atoms with Crippen molar-refractivity contribution in [2.45, 2.75) is 13.5 Å². The van der Waals surface area contributed by atoms with Crippen LogP contribution >= 0.6 is 38.9 Å². The number of hydrogen-bond donors (Lipinski definition) is 1. The minimum Gasteiger partial charge on any atom is -0.365 e. The zero-order valence-corrected chi connectivity index (χ0v) is 13.8. The predicted octanol–water partition coefficient (Wildman–Crippen LogP) is 5.03. The molecule has 0 unspecified atom stereocenters. The maximum absolute atomic E-state index is 5.97. The second kappa shape index (κ2) is 5.68. The number of aromatic nitrogens is 2. The molecule has 0 aliphatic heterocycles. The number of nitrogens with one attached hydrogen (secondary N) is 1. The van der Waals surface area contributed by atoms with Gasteiger partial charge in [-0.25, -0.2) is 9.97 Å². The number of thiophene rings is 1. The van der Waals surface area contributed by atoms with Gasteiger partial charge in [-0.2, -0.15) is 0 Å². The maximum Gasteiger partial charge on any atom is 0.225 e. The van der Waals surface area contributed by atoms with Gasteiger partial charge in [0.05, 0.1) is 5.39 Å². The summed E-state index contributed by atoms with van der Waals surface area (Å²) < 4.78 is 1.07. The summed E-state index contributed by atoms with van der Waals surface area (Å²) in [6.07, 6.45) is 0. The summed E-state index contributed by atoms with van der Waals surface area (Å²) >= 11 is 11.0. The summed E-state index contributed by atoms with van der Waals surface area (Å²) in [6.45, 7) is 2.75. The summed E-state index contributed by atoms with van der Waals surface area (Å²) in [5.74, 6) is 0.785. The van der Waals surface area contributed by atoms with Crippen LogP contribution in [0.2, 0.25) is 5.28 Å². The Balaban J connectivity index is 1.88. The summed E-state index contributed by atoms with van der Waals surface area (Å²) in [5, 5.41) is 4.63. The Bertz CT molecular complexity index is 755. The van der Waals surface area contributed by atoms with Gasteiger partial charge in [0.2, 0.25) is 5.28 Å². The molecule has 1 N–H and O–H groups in total. The van der Waals surface area contributed by atoms with Crippen molar-refractivity contribution in [1.82, 2.24) is 9.97 Å². The van der Waals surface area contributed by atoms with Crippen LogP contribution in [0, 0.1) is 6.92 Å². The fraction of sp³-hybridized carbons (Fsp3) is 0.143. The van der Waals surface area contributed by atoms with E-state index in [4.69, 9.17) is 11.6 Å². The smallest absolute Gasteiger partial charge is 0.225 e. The summed E-state index contributed by atoms with van der Waals surface area (Å²) in [6, 6.07) is 10.3. The third-order valence-electron chi connectivity index (χ3n) is 2.86. The Morgan fingerprint density at radius 3 is 2.75 bits per heavy atom. The van der Waals surface area contributed by atoms with Crippen molar-refractivity contribution in [3.05, 3.63) is 50.5 Å². The molecule has 20 heavy (non-hydrogen) atoms. The van der Waals surface area contributed by atoms with Crippen LogP contribution in [-0.2, 0) is 6.54 Å². The largest absolute Gasteiger partial charge is 0.365 e.